The van der Waals surface area contributed by atoms with Crippen molar-refractivity contribution in [3.05, 3.63) is 47.0 Å². The maximum absolute atomic E-state index is 12.2. The first-order valence-corrected chi connectivity index (χ1v) is 7.38. The third-order valence-corrected chi connectivity index (χ3v) is 4.19. The zero-order valence-electron chi connectivity index (χ0n) is 11.5. The summed E-state index contributed by atoms with van der Waals surface area (Å²) >= 11 is 1.04. The quantitative estimate of drug-likeness (QED) is 0.613. The lowest BCUT2D eigenvalue weighted by Gasteiger charge is -1.96. The minimum Gasteiger partial charge on any atom is -0.423 e. The molecular weight excluding hydrogens is 300 g/mol. The number of hydrogen-bond donors (Lipinski definition) is 1. The van der Waals surface area contributed by atoms with E-state index in [1.54, 1.807) is 6.92 Å². The van der Waals surface area contributed by atoms with Gasteiger partial charge in [0.2, 0.25) is 0 Å². The van der Waals surface area contributed by atoms with Crippen LogP contribution in [-0.4, -0.2) is 20.5 Å². The summed E-state index contributed by atoms with van der Waals surface area (Å²) in [4.78, 5) is 17.0. The molecule has 4 rings (SSSR count). The Morgan fingerprint density at radius 3 is 2.91 bits per heavy atom. The Bertz CT molecular complexity index is 1010. The van der Waals surface area contributed by atoms with Crippen LogP contribution in [0.1, 0.15) is 15.4 Å². The van der Waals surface area contributed by atoms with Gasteiger partial charge in [-0.05, 0) is 29.9 Å². The van der Waals surface area contributed by atoms with Gasteiger partial charge in [0, 0.05) is 5.39 Å². The second kappa shape index (κ2) is 4.88. The van der Waals surface area contributed by atoms with Crippen LogP contribution < -0.4 is 5.32 Å². The smallest absolute Gasteiger partial charge is 0.302 e. The van der Waals surface area contributed by atoms with Crippen LogP contribution in [0, 0.1) is 6.92 Å². The molecule has 0 aliphatic heterocycles. The number of anilines is 1. The molecule has 2 aromatic heterocycles. The molecule has 0 aliphatic carbocycles. The third-order valence-electron chi connectivity index (χ3n) is 3.36. The number of aromatic nitrogens is 3. The van der Waals surface area contributed by atoms with E-state index in [0.29, 0.717) is 16.2 Å². The second-order valence-electron chi connectivity index (χ2n) is 4.79. The maximum atomic E-state index is 12.2. The van der Waals surface area contributed by atoms with Gasteiger partial charge in [0.05, 0.1) is 5.69 Å². The van der Waals surface area contributed by atoms with Gasteiger partial charge in [-0.3, -0.25) is 10.1 Å². The molecule has 0 bridgehead atoms. The van der Waals surface area contributed by atoms with Crippen molar-refractivity contribution in [2.75, 3.05) is 5.32 Å². The van der Waals surface area contributed by atoms with E-state index in [-0.39, 0.29) is 11.9 Å². The average molecular weight is 310 g/mol. The largest absolute Gasteiger partial charge is 0.423 e. The van der Waals surface area contributed by atoms with Gasteiger partial charge in [0.1, 0.15) is 10.4 Å². The van der Waals surface area contributed by atoms with Crippen LogP contribution >= 0.6 is 11.5 Å². The second-order valence-corrected chi connectivity index (χ2v) is 5.55. The van der Waals surface area contributed by atoms with E-state index in [1.165, 1.54) is 0 Å². The molecule has 0 aliphatic rings. The lowest BCUT2D eigenvalue weighted by Crippen LogP contribution is -2.11. The summed E-state index contributed by atoms with van der Waals surface area (Å²) in [6.45, 7) is 1.73. The zero-order chi connectivity index (χ0) is 15.1. The van der Waals surface area contributed by atoms with Gasteiger partial charge in [-0.2, -0.15) is 4.98 Å². The Labute approximate surface area is 128 Å². The lowest BCUT2D eigenvalue weighted by atomic mass is 10.1. The molecule has 108 valence electrons. The molecule has 6 nitrogen and oxygen atoms in total. The first kappa shape index (κ1) is 12.9. The highest BCUT2D eigenvalue weighted by molar-refractivity contribution is 7.08. The minimum atomic E-state index is -0.316. The molecule has 0 spiro atoms. The number of carbonyl (C=O) groups is 1. The van der Waals surface area contributed by atoms with Gasteiger partial charge >= 0.3 is 6.01 Å². The zero-order valence-corrected chi connectivity index (χ0v) is 12.3. The monoisotopic (exact) mass is 310 g/mol. The van der Waals surface area contributed by atoms with Crippen LogP contribution in [0.25, 0.3) is 21.9 Å². The lowest BCUT2D eigenvalue weighted by molar-refractivity contribution is 0.102. The van der Waals surface area contributed by atoms with Crippen molar-refractivity contribution in [1.82, 2.24) is 14.6 Å². The highest BCUT2D eigenvalue weighted by Gasteiger charge is 2.16. The first-order valence-electron chi connectivity index (χ1n) is 6.61. The number of carbonyl (C=O) groups excluding carboxylic acids is 1. The van der Waals surface area contributed by atoms with E-state index in [1.807, 2.05) is 36.4 Å². The van der Waals surface area contributed by atoms with Crippen molar-refractivity contribution in [3.63, 3.8) is 0 Å². The van der Waals surface area contributed by atoms with Gasteiger partial charge < -0.3 is 4.42 Å². The fraction of sp³-hybridized carbons (Fsp3) is 0.0667. The number of nitrogens with zero attached hydrogens (tertiary/aromatic N) is 3. The molecule has 0 unspecified atom stereocenters. The van der Waals surface area contributed by atoms with Crippen molar-refractivity contribution in [1.29, 1.82) is 0 Å². The Balaban J connectivity index is 1.75. The summed E-state index contributed by atoms with van der Waals surface area (Å²) in [7, 11) is 0. The van der Waals surface area contributed by atoms with Gasteiger partial charge in [-0.15, -0.1) is 5.10 Å². The molecule has 0 atom stereocenters. The highest BCUT2D eigenvalue weighted by atomic mass is 32.1. The van der Waals surface area contributed by atoms with Crippen LogP contribution in [0.15, 0.2) is 40.8 Å². The molecule has 4 aromatic rings. The molecule has 1 N–H and O–H groups in total. The molecule has 0 radical (unpaired) electrons. The number of oxazole rings is 1. The topological polar surface area (TPSA) is 80.9 Å². The predicted molar refractivity (Wildman–Crippen MR) is 84.1 cm³/mol. The Kier molecular flexibility index (Phi) is 2.87. The standard InChI is InChI=1S/C15H10N4O2S/c1-8-13(22-19-18-8)14(20)17-15-16-12-10-5-3-2-4-9(10)6-7-11(12)21-15/h2-7H,1H3,(H,16,17,20). The summed E-state index contributed by atoms with van der Waals surface area (Å²) < 4.78 is 9.35. The van der Waals surface area contributed by atoms with Crippen LogP contribution in [-0.2, 0) is 0 Å². The third kappa shape index (κ3) is 2.03. The van der Waals surface area contributed by atoms with Crippen molar-refractivity contribution in [3.8, 4) is 0 Å². The van der Waals surface area contributed by atoms with E-state index in [9.17, 15) is 4.79 Å². The minimum absolute atomic E-state index is 0.171. The predicted octanol–water partition coefficient (Wildman–Crippen LogP) is 3.39. The molecular formula is C15H10N4O2S. The van der Waals surface area contributed by atoms with Gasteiger partial charge in [-0.1, -0.05) is 34.8 Å². The first-order chi connectivity index (χ1) is 10.7. The fourth-order valence-corrected chi connectivity index (χ4v) is 2.86. The van der Waals surface area contributed by atoms with E-state index >= 15 is 0 Å². The number of fused-ring (bicyclic) bond motifs is 3. The number of rotatable bonds is 2. The Morgan fingerprint density at radius 2 is 2.09 bits per heavy atom. The number of aryl methyl sites for hydroxylation is 1. The summed E-state index contributed by atoms with van der Waals surface area (Å²) in [5, 5.41) is 8.53. The molecule has 2 heterocycles. The van der Waals surface area contributed by atoms with Gasteiger partial charge in [0.15, 0.2) is 5.58 Å². The van der Waals surface area contributed by atoms with Crippen molar-refractivity contribution in [2.24, 2.45) is 0 Å². The van der Waals surface area contributed by atoms with Crippen molar-refractivity contribution >= 4 is 45.3 Å². The number of amides is 1. The van der Waals surface area contributed by atoms with Crippen LogP contribution in [0.2, 0.25) is 0 Å². The average Bonchev–Trinajstić information content (AvgIpc) is 3.12. The molecule has 0 saturated heterocycles. The summed E-state index contributed by atoms with van der Waals surface area (Å²) in [6, 6.07) is 11.9. The fourth-order valence-electron chi connectivity index (χ4n) is 2.31. The molecule has 0 fully saturated rings. The molecule has 7 heteroatoms. The summed E-state index contributed by atoms with van der Waals surface area (Å²) in [5.41, 5.74) is 1.95. The highest BCUT2D eigenvalue weighted by Crippen LogP contribution is 2.27. The van der Waals surface area contributed by atoms with Crippen molar-refractivity contribution in [2.45, 2.75) is 6.92 Å². The summed E-state index contributed by atoms with van der Waals surface area (Å²) in [6.07, 6.45) is 0. The van der Waals surface area contributed by atoms with E-state index in [0.717, 1.165) is 27.8 Å². The van der Waals surface area contributed by atoms with E-state index in [4.69, 9.17) is 4.42 Å². The molecule has 22 heavy (non-hydrogen) atoms. The Morgan fingerprint density at radius 1 is 1.23 bits per heavy atom. The molecule has 0 saturated carbocycles. The number of hydrogen-bond acceptors (Lipinski definition) is 6. The maximum Gasteiger partial charge on any atom is 0.302 e. The molecule has 1 amide bonds. The SMILES string of the molecule is Cc1nnsc1C(=O)Nc1nc2c(ccc3ccccc32)o1. The summed E-state index contributed by atoms with van der Waals surface area (Å²) in [5.74, 6) is -0.316. The van der Waals surface area contributed by atoms with Crippen molar-refractivity contribution < 1.29 is 9.21 Å². The van der Waals surface area contributed by atoms with Crippen LogP contribution in [0.3, 0.4) is 0 Å². The van der Waals surface area contributed by atoms with Gasteiger partial charge in [-0.25, -0.2) is 0 Å². The van der Waals surface area contributed by atoms with Crippen LogP contribution in [0.5, 0.6) is 0 Å². The Hall–Kier alpha value is -2.80. The van der Waals surface area contributed by atoms with Gasteiger partial charge in [0.25, 0.3) is 5.91 Å². The normalized spacial score (nSPS) is 11.1. The number of nitrogens with one attached hydrogen (secondary N) is 1. The van der Waals surface area contributed by atoms with Crippen LogP contribution in [0.4, 0.5) is 6.01 Å². The van der Waals surface area contributed by atoms with E-state index < -0.39 is 0 Å². The number of benzene rings is 2. The van der Waals surface area contributed by atoms with E-state index in [2.05, 4.69) is 19.9 Å². The molecule has 2 aromatic carbocycles.